The lowest BCUT2D eigenvalue weighted by Crippen LogP contribution is -2.40. The van der Waals surface area contributed by atoms with Gasteiger partial charge in [0.15, 0.2) is 0 Å². The molecule has 1 aliphatic rings. The summed E-state index contributed by atoms with van der Waals surface area (Å²) in [6, 6.07) is -0.714. The molecular weight excluding hydrogens is 198 g/mol. The molecule has 2 atom stereocenters. The summed E-state index contributed by atoms with van der Waals surface area (Å²) in [6.07, 6.45) is 1.38. The van der Waals surface area contributed by atoms with Crippen LogP contribution in [0.1, 0.15) is 26.2 Å². The SMILES string of the molecule is CCCC(=O)N1CC(OC)CC1C(=O)O. The molecule has 1 rings (SSSR count). The molecule has 5 heteroatoms. The number of carbonyl (C=O) groups is 2. The Morgan fingerprint density at radius 3 is 2.67 bits per heavy atom. The highest BCUT2D eigenvalue weighted by Crippen LogP contribution is 2.21. The van der Waals surface area contributed by atoms with Gasteiger partial charge in [-0.1, -0.05) is 6.92 Å². The Labute approximate surface area is 89.0 Å². The van der Waals surface area contributed by atoms with Gasteiger partial charge in [-0.25, -0.2) is 4.79 Å². The third-order valence-electron chi connectivity index (χ3n) is 2.67. The van der Waals surface area contributed by atoms with Crippen molar-refractivity contribution in [3.63, 3.8) is 0 Å². The van der Waals surface area contributed by atoms with Crippen LogP contribution < -0.4 is 0 Å². The molecule has 1 amide bonds. The molecule has 5 nitrogen and oxygen atoms in total. The van der Waals surface area contributed by atoms with E-state index in [0.29, 0.717) is 19.4 Å². The van der Waals surface area contributed by atoms with Gasteiger partial charge in [0.2, 0.25) is 5.91 Å². The summed E-state index contributed by atoms with van der Waals surface area (Å²) < 4.78 is 5.09. The van der Waals surface area contributed by atoms with E-state index in [1.54, 1.807) is 0 Å². The second-order valence-electron chi connectivity index (χ2n) is 3.74. The molecule has 1 saturated heterocycles. The van der Waals surface area contributed by atoms with Crippen molar-refractivity contribution in [2.75, 3.05) is 13.7 Å². The molecule has 0 aromatic carbocycles. The number of methoxy groups -OCH3 is 1. The number of hydrogen-bond acceptors (Lipinski definition) is 3. The van der Waals surface area contributed by atoms with Gasteiger partial charge in [0.1, 0.15) is 6.04 Å². The van der Waals surface area contributed by atoms with Crippen LogP contribution in [0.3, 0.4) is 0 Å². The maximum Gasteiger partial charge on any atom is 0.326 e. The van der Waals surface area contributed by atoms with E-state index in [2.05, 4.69) is 0 Å². The van der Waals surface area contributed by atoms with Crippen LogP contribution in [0.15, 0.2) is 0 Å². The second-order valence-corrected chi connectivity index (χ2v) is 3.74. The number of rotatable bonds is 4. The van der Waals surface area contributed by atoms with Crippen LogP contribution >= 0.6 is 0 Å². The van der Waals surface area contributed by atoms with Gasteiger partial charge < -0.3 is 14.7 Å². The van der Waals surface area contributed by atoms with Crippen LogP contribution in [0.2, 0.25) is 0 Å². The quantitative estimate of drug-likeness (QED) is 0.741. The highest BCUT2D eigenvalue weighted by molar-refractivity contribution is 5.84. The van der Waals surface area contributed by atoms with Gasteiger partial charge >= 0.3 is 5.97 Å². The Morgan fingerprint density at radius 1 is 1.53 bits per heavy atom. The molecular formula is C10H17NO4. The zero-order valence-corrected chi connectivity index (χ0v) is 9.10. The lowest BCUT2D eigenvalue weighted by atomic mass is 10.2. The fourth-order valence-electron chi connectivity index (χ4n) is 1.84. The third kappa shape index (κ3) is 2.68. The average Bonchev–Trinajstić information content (AvgIpc) is 2.61. The first-order chi connectivity index (χ1) is 7.10. The van der Waals surface area contributed by atoms with Crippen molar-refractivity contribution in [3.05, 3.63) is 0 Å². The van der Waals surface area contributed by atoms with Crippen molar-refractivity contribution in [3.8, 4) is 0 Å². The van der Waals surface area contributed by atoms with E-state index >= 15 is 0 Å². The molecule has 0 aromatic rings. The number of carboxylic acids is 1. The number of hydrogen-bond donors (Lipinski definition) is 1. The lowest BCUT2D eigenvalue weighted by molar-refractivity contribution is -0.148. The normalized spacial score (nSPS) is 25.6. The number of aliphatic carboxylic acids is 1. The summed E-state index contributed by atoms with van der Waals surface area (Å²) in [5, 5.41) is 8.96. The van der Waals surface area contributed by atoms with Gasteiger partial charge in [-0.15, -0.1) is 0 Å². The minimum Gasteiger partial charge on any atom is -0.480 e. The monoisotopic (exact) mass is 215 g/mol. The van der Waals surface area contributed by atoms with E-state index in [1.807, 2.05) is 6.92 Å². The highest BCUT2D eigenvalue weighted by Gasteiger charge is 2.39. The Balaban J connectivity index is 2.68. The molecule has 1 fully saturated rings. The maximum absolute atomic E-state index is 11.6. The molecule has 0 radical (unpaired) electrons. The molecule has 0 bridgehead atoms. The summed E-state index contributed by atoms with van der Waals surface area (Å²) >= 11 is 0. The summed E-state index contributed by atoms with van der Waals surface area (Å²) in [5.41, 5.74) is 0. The van der Waals surface area contributed by atoms with Crippen molar-refractivity contribution < 1.29 is 19.4 Å². The average molecular weight is 215 g/mol. The molecule has 0 saturated carbocycles. The Bertz CT molecular complexity index is 254. The van der Waals surface area contributed by atoms with Crippen molar-refractivity contribution in [1.82, 2.24) is 4.90 Å². The molecule has 1 aliphatic heterocycles. The first-order valence-electron chi connectivity index (χ1n) is 5.15. The zero-order chi connectivity index (χ0) is 11.4. The standard InChI is InChI=1S/C10H17NO4/c1-3-4-9(12)11-6-7(15-2)5-8(11)10(13)14/h7-8H,3-6H2,1-2H3,(H,13,14). The molecule has 1 N–H and O–H groups in total. The van der Waals surface area contributed by atoms with Gasteiger partial charge in [0.25, 0.3) is 0 Å². The Kier molecular flexibility index (Phi) is 4.08. The van der Waals surface area contributed by atoms with Crippen LogP contribution in [-0.4, -0.2) is 47.7 Å². The largest absolute Gasteiger partial charge is 0.480 e. The summed E-state index contributed by atoms with van der Waals surface area (Å²) in [4.78, 5) is 24.0. The number of likely N-dealkylation sites (tertiary alicyclic amines) is 1. The van der Waals surface area contributed by atoms with Crippen LogP contribution in [0.4, 0.5) is 0 Å². The highest BCUT2D eigenvalue weighted by atomic mass is 16.5. The van der Waals surface area contributed by atoms with Gasteiger partial charge in [0.05, 0.1) is 6.10 Å². The number of carboxylic acid groups (broad SMARTS) is 1. The lowest BCUT2D eigenvalue weighted by Gasteiger charge is -2.20. The van der Waals surface area contributed by atoms with Crippen molar-refractivity contribution >= 4 is 11.9 Å². The molecule has 0 aromatic heterocycles. The number of nitrogens with zero attached hydrogens (tertiary/aromatic N) is 1. The Morgan fingerprint density at radius 2 is 2.20 bits per heavy atom. The fourth-order valence-corrected chi connectivity index (χ4v) is 1.84. The number of carbonyl (C=O) groups excluding carboxylic acids is 1. The van der Waals surface area contributed by atoms with Crippen molar-refractivity contribution in [1.29, 1.82) is 0 Å². The fraction of sp³-hybridized carbons (Fsp3) is 0.800. The van der Waals surface area contributed by atoms with E-state index in [-0.39, 0.29) is 12.0 Å². The van der Waals surface area contributed by atoms with E-state index < -0.39 is 12.0 Å². The van der Waals surface area contributed by atoms with E-state index in [9.17, 15) is 9.59 Å². The van der Waals surface area contributed by atoms with Gasteiger partial charge in [-0.05, 0) is 6.42 Å². The van der Waals surface area contributed by atoms with Crippen molar-refractivity contribution in [2.45, 2.75) is 38.3 Å². The third-order valence-corrected chi connectivity index (χ3v) is 2.67. The maximum atomic E-state index is 11.6. The molecule has 2 unspecified atom stereocenters. The van der Waals surface area contributed by atoms with E-state index in [4.69, 9.17) is 9.84 Å². The van der Waals surface area contributed by atoms with Crippen LogP contribution in [0.5, 0.6) is 0 Å². The minimum absolute atomic E-state index is 0.0931. The molecule has 0 aliphatic carbocycles. The molecule has 1 heterocycles. The predicted octanol–water partition coefficient (Wildman–Crippen LogP) is 0.487. The Hall–Kier alpha value is -1.10. The summed E-state index contributed by atoms with van der Waals surface area (Å²) in [7, 11) is 1.54. The first kappa shape index (κ1) is 12.0. The van der Waals surface area contributed by atoms with Gasteiger partial charge in [0, 0.05) is 26.5 Å². The number of amides is 1. The van der Waals surface area contributed by atoms with Crippen molar-refractivity contribution in [2.24, 2.45) is 0 Å². The van der Waals surface area contributed by atoms with Crippen LogP contribution in [0, 0.1) is 0 Å². The number of ether oxygens (including phenoxy) is 1. The van der Waals surface area contributed by atoms with Gasteiger partial charge in [-0.3, -0.25) is 4.79 Å². The molecule has 86 valence electrons. The summed E-state index contributed by atoms with van der Waals surface area (Å²) in [5.74, 6) is -1.04. The zero-order valence-electron chi connectivity index (χ0n) is 9.10. The topological polar surface area (TPSA) is 66.8 Å². The first-order valence-corrected chi connectivity index (χ1v) is 5.15. The second kappa shape index (κ2) is 5.11. The van der Waals surface area contributed by atoms with Crippen LogP contribution in [-0.2, 0) is 14.3 Å². The van der Waals surface area contributed by atoms with Crippen LogP contribution in [0.25, 0.3) is 0 Å². The van der Waals surface area contributed by atoms with Gasteiger partial charge in [-0.2, -0.15) is 0 Å². The molecule has 15 heavy (non-hydrogen) atoms. The predicted molar refractivity (Wildman–Crippen MR) is 53.5 cm³/mol. The van der Waals surface area contributed by atoms with E-state index in [0.717, 1.165) is 6.42 Å². The summed E-state index contributed by atoms with van der Waals surface area (Å²) in [6.45, 7) is 2.30. The smallest absolute Gasteiger partial charge is 0.326 e. The minimum atomic E-state index is -0.945. The molecule has 0 spiro atoms. The van der Waals surface area contributed by atoms with E-state index in [1.165, 1.54) is 12.0 Å².